The molecule has 2 fully saturated rings. The average molecular weight is 279 g/mol. The van der Waals surface area contributed by atoms with E-state index in [1.54, 1.807) is 0 Å². The summed E-state index contributed by atoms with van der Waals surface area (Å²) in [5.74, 6) is 0.0938. The highest BCUT2D eigenvalue weighted by Gasteiger charge is 2.29. The fraction of sp³-hybridized carbons (Fsp3) is 0.733. The van der Waals surface area contributed by atoms with Crippen LogP contribution in [0.2, 0.25) is 0 Å². The van der Waals surface area contributed by atoms with Crippen LogP contribution in [0.3, 0.4) is 0 Å². The monoisotopic (exact) mass is 279 g/mol. The highest BCUT2D eigenvalue weighted by molar-refractivity contribution is 5.25. The zero-order chi connectivity index (χ0) is 13.8. The van der Waals surface area contributed by atoms with Crippen molar-refractivity contribution < 1.29 is 9.13 Å². The number of aromatic nitrogens is 2. The molecule has 0 bridgehead atoms. The van der Waals surface area contributed by atoms with Crippen LogP contribution < -0.4 is 5.32 Å². The SMILES string of the molecule is Fc1cnc(N[C@H]2CCCC[C@@H]2OC2CCCC2)nc1. The molecular formula is C15H22FN3O. The molecule has 3 rings (SSSR count). The van der Waals surface area contributed by atoms with Gasteiger partial charge in [0.15, 0.2) is 5.82 Å². The summed E-state index contributed by atoms with van der Waals surface area (Å²) in [7, 11) is 0. The van der Waals surface area contributed by atoms with Crippen LogP contribution >= 0.6 is 0 Å². The lowest BCUT2D eigenvalue weighted by molar-refractivity contribution is -0.0322. The fourth-order valence-electron chi connectivity index (χ4n) is 3.25. The van der Waals surface area contributed by atoms with Crippen LogP contribution in [0, 0.1) is 5.82 Å². The number of ether oxygens (including phenoxy) is 1. The third-order valence-electron chi connectivity index (χ3n) is 4.31. The Hall–Kier alpha value is -1.23. The first kappa shape index (κ1) is 13.7. The normalized spacial score (nSPS) is 27.6. The van der Waals surface area contributed by atoms with Crippen molar-refractivity contribution in [1.82, 2.24) is 9.97 Å². The van der Waals surface area contributed by atoms with Crippen molar-refractivity contribution in [2.75, 3.05) is 5.32 Å². The van der Waals surface area contributed by atoms with Crippen LogP contribution in [0.1, 0.15) is 51.4 Å². The van der Waals surface area contributed by atoms with Gasteiger partial charge in [0.2, 0.25) is 5.95 Å². The highest BCUT2D eigenvalue weighted by Crippen LogP contribution is 2.29. The number of nitrogens with one attached hydrogen (secondary N) is 1. The van der Waals surface area contributed by atoms with Gasteiger partial charge in [-0.1, -0.05) is 25.7 Å². The lowest BCUT2D eigenvalue weighted by atomic mass is 9.92. The van der Waals surface area contributed by atoms with Crippen molar-refractivity contribution >= 4 is 5.95 Å². The molecule has 1 heterocycles. The second kappa shape index (κ2) is 6.48. The van der Waals surface area contributed by atoms with Gasteiger partial charge in [-0.15, -0.1) is 0 Å². The van der Waals surface area contributed by atoms with E-state index in [9.17, 15) is 4.39 Å². The summed E-state index contributed by atoms with van der Waals surface area (Å²) in [5, 5.41) is 3.32. The zero-order valence-corrected chi connectivity index (χ0v) is 11.7. The molecule has 0 aromatic carbocycles. The smallest absolute Gasteiger partial charge is 0.223 e. The Kier molecular flexibility index (Phi) is 4.45. The second-order valence-electron chi connectivity index (χ2n) is 5.84. The standard InChI is InChI=1S/C15H22FN3O/c16-11-9-17-15(18-10-11)19-13-7-3-4-8-14(13)20-12-5-1-2-6-12/h9-10,12-14H,1-8H2,(H,17,18,19)/t13-,14-/m0/s1. The van der Waals surface area contributed by atoms with Gasteiger partial charge < -0.3 is 10.1 Å². The van der Waals surface area contributed by atoms with Gasteiger partial charge in [0.05, 0.1) is 30.6 Å². The quantitative estimate of drug-likeness (QED) is 0.918. The second-order valence-corrected chi connectivity index (χ2v) is 5.84. The Balaban J connectivity index is 1.60. The molecule has 2 saturated carbocycles. The first-order valence-electron chi connectivity index (χ1n) is 7.71. The van der Waals surface area contributed by atoms with E-state index in [4.69, 9.17) is 4.74 Å². The van der Waals surface area contributed by atoms with Crippen LogP contribution in [0.4, 0.5) is 10.3 Å². The molecule has 20 heavy (non-hydrogen) atoms. The van der Waals surface area contributed by atoms with Crippen molar-refractivity contribution in [2.24, 2.45) is 0 Å². The van der Waals surface area contributed by atoms with Crippen LogP contribution in [0.25, 0.3) is 0 Å². The predicted octanol–water partition coefficient (Wildman–Crippen LogP) is 3.30. The molecule has 0 radical (unpaired) electrons. The maximum atomic E-state index is 12.8. The van der Waals surface area contributed by atoms with E-state index in [1.807, 2.05) is 0 Å². The van der Waals surface area contributed by atoms with Crippen LogP contribution in [-0.2, 0) is 4.74 Å². The van der Waals surface area contributed by atoms with Crippen LogP contribution in [0.15, 0.2) is 12.4 Å². The summed E-state index contributed by atoms with van der Waals surface area (Å²) < 4.78 is 19.1. The average Bonchev–Trinajstić information content (AvgIpc) is 2.96. The molecule has 0 amide bonds. The van der Waals surface area contributed by atoms with E-state index in [-0.39, 0.29) is 12.1 Å². The number of hydrogen-bond acceptors (Lipinski definition) is 4. The number of halogens is 1. The lowest BCUT2D eigenvalue weighted by Gasteiger charge is -2.34. The summed E-state index contributed by atoms with van der Waals surface area (Å²) in [5.41, 5.74) is 0. The van der Waals surface area contributed by atoms with Gasteiger partial charge in [0.25, 0.3) is 0 Å². The molecule has 110 valence electrons. The van der Waals surface area contributed by atoms with Crippen LogP contribution in [-0.4, -0.2) is 28.2 Å². The minimum Gasteiger partial charge on any atom is -0.373 e. The number of anilines is 1. The molecule has 5 heteroatoms. The van der Waals surface area contributed by atoms with Crippen LogP contribution in [0.5, 0.6) is 0 Å². The van der Waals surface area contributed by atoms with Gasteiger partial charge in [-0.2, -0.15) is 0 Å². The number of nitrogens with zero attached hydrogens (tertiary/aromatic N) is 2. The maximum absolute atomic E-state index is 12.8. The van der Waals surface area contributed by atoms with Gasteiger partial charge in [-0.05, 0) is 25.7 Å². The maximum Gasteiger partial charge on any atom is 0.223 e. The first-order chi connectivity index (χ1) is 9.81. The van der Waals surface area contributed by atoms with Crippen molar-refractivity contribution in [3.63, 3.8) is 0 Å². The summed E-state index contributed by atoms with van der Waals surface area (Å²) in [6, 6.07) is 0.245. The molecule has 4 nitrogen and oxygen atoms in total. The van der Waals surface area contributed by atoms with Gasteiger partial charge >= 0.3 is 0 Å². The van der Waals surface area contributed by atoms with Gasteiger partial charge in [0.1, 0.15) is 0 Å². The minimum absolute atomic E-state index is 0.237. The zero-order valence-electron chi connectivity index (χ0n) is 11.7. The van der Waals surface area contributed by atoms with Crippen molar-refractivity contribution in [3.05, 3.63) is 18.2 Å². The molecule has 1 aromatic heterocycles. The summed E-state index contributed by atoms with van der Waals surface area (Å²) in [6.07, 6.45) is 12.6. The van der Waals surface area contributed by atoms with E-state index >= 15 is 0 Å². The molecule has 1 N–H and O–H groups in total. The Morgan fingerprint density at radius 1 is 1.00 bits per heavy atom. The number of rotatable bonds is 4. The predicted molar refractivity (Wildman–Crippen MR) is 75.0 cm³/mol. The molecular weight excluding hydrogens is 257 g/mol. The van der Waals surface area contributed by atoms with E-state index in [0.29, 0.717) is 12.1 Å². The molecule has 0 spiro atoms. The largest absolute Gasteiger partial charge is 0.373 e. The van der Waals surface area contributed by atoms with E-state index in [0.717, 1.165) is 12.8 Å². The molecule has 1 aromatic rings. The Morgan fingerprint density at radius 2 is 1.65 bits per heavy atom. The Morgan fingerprint density at radius 3 is 2.40 bits per heavy atom. The molecule has 2 aliphatic carbocycles. The highest BCUT2D eigenvalue weighted by atomic mass is 19.1. The molecule has 0 aliphatic heterocycles. The fourth-order valence-corrected chi connectivity index (χ4v) is 3.25. The van der Waals surface area contributed by atoms with Crippen molar-refractivity contribution in [1.29, 1.82) is 0 Å². The van der Waals surface area contributed by atoms with E-state index in [2.05, 4.69) is 15.3 Å². The number of hydrogen-bond donors (Lipinski definition) is 1. The lowest BCUT2D eigenvalue weighted by Crippen LogP contribution is -2.40. The van der Waals surface area contributed by atoms with E-state index < -0.39 is 5.82 Å². The summed E-state index contributed by atoms with van der Waals surface area (Å²) in [6.45, 7) is 0. The third-order valence-corrected chi connectivity index (χ3v) is 4.31. The molecule has 0 unspecified atom stereocenters. The summed E-state index contributed by atoms with van der Waals surface area (Å²) >= 11 is 0. The molecule has 2 aliphatic rings. The first-order valence-corrected chi connectivity index (χ1v) is 7.71. The van der Waals surface area contributed by atoms with Gasteiger partial charge in [-0.3, -0.25) is 0 Å². The van der Waals surface area contributed by atoms with Crippen molar-refractivity contribution in [2.45, 2.75) is 69.6 Å². The van der Waals surface area contributed by atoms with E-state index in [1.165, 1.54) is 50.9 Å². The molecule has 0 saturated heterocycles. The molecule has 2 atom stereocenters. The van der Waals surface area contributed by atoms with Crippen molar-refractivity contribution in [3.8, 4) is 0 Å². The Labute approximate surface area is 119 Å². The topological polar surface area (TPSA) is 47.0 Å². The third kappa shape index (κ3) is 3.45. The Bertz CT molecular complexity index is 420. The minimum atomic E-state index is -0.405. The summed E-state index contributed by atoms with van der Waals surface area (Å²) in [4.78, 5) is 7.97. The van der Waals surface area contributed by atoms with Gasteiger partial charge in [-0.25, -0.2) is 14.4 Å². The van der Waals surface area contributed by atoms with Gasteiger partial charge in [0, 0.05) is 0 Å².